The van der Waals surface area contributed by atoms with Gasteiger partial charge in [0.15, 0.2) is 0 Å². The van der Waals surface area contributed by atoms with Crippen LogP contribution in [0.25, 0.3) is 0 Å². The van der Waals surface area contributed by atoms with Gasteiger partial charge in [-0.3, -0.25) is 0 Å². The number of amides is 2. The van der Waals surface area contributed by atoms with Crippen LogP contribution in [0.15, 0.2) is 42.5 Å². The highest BCUT2D eigenvalue weighted by Crippen LogP contribution is 2.38. The number of carbonyl (C=O) groups is 1. The van der Waals surface area contributed by atoms with E-state index < -0.39 is 0 Å². The van der Waals surface area contributed by atoms with E-state index in [2.05, 4.69) is 48.6 Å². The number of ether oxygens (including phenoxy) is 2. The topological polar surface area (TPSA) is 54.0 Å². The van der Waals surface area contributed by atoms with Crippen LogP contribution in [0.3, 0.4) is 0 Å². The molecule has 3 rings (SSSR count). The summed E-state index contributed by atoms with van der Waals surface area (Å²) in [7, 11) is 7.41. The highest BCUT2D eigenvalue weighted by Gasteiger charge is 2.32. The summed E-state index contributed by atoms with van der Waals surface area (Å²) in [6.07, 6.45) is 1.88. The van der Waals surface area contributed by atoms with Crippen LogP contribution in [-0.2, 0) is 13.1 Å². The van der Waals surface area contributed by atoms with Gasteiger partial charge in [-0.2, -0.15) is 0 Å². The summed E-state index contributed by atoms with van der Waals surface area (Å²) in [6, 6.07) is 14.1. The number of carbonyl (C=O) groups excluding carboxylic acids is 1. The lowest BCUT2D eigenvalue weighted by Gasteiger charge is -2.27. The largest absolute Gasteiger partial charge is 0.497 e. The summed E-state index contributed by atoms with van der Waals surface area (Å²) in [5, 5.41) is 3.07. The molecule has 1 heterocycles. The van der Waals surface area contributed by atoms with Crippen molar-refractivity contribution in [1.82, 2.24) is 15.1 Å². The normalized spacial score (nSPS) is 16.2. The standard InChI is InChI=1S/C23H31N3O3/c1-25(2)16-18-9-7-17(8-10-18)15-24-23(27)26-13-5-6-21(26)20-14-19(28-3)11-12-22(20)29-4/h7-12,14,21H,5-6,13,15-16H2,1-4H3,(H,24,27). The molecule has 0 saturated carbocycles. The minimum absolute atomic E-state index is 0.0116. The fourth-order valence-corrected chi connectivity index (χ4v) is 3.84. The minimum Gasteiger partial charge on any atom is -0.497 e. The zero-order valence-electron chi connectivity index (χ0n) is 17.8. The number of methoxy groups -OCH3 is 2. The first-order valence-electron chi connectivity index (χ1n) is 10.0. The molecular weight excluding hydrogens is 366 g/mol. The number of urea groups is 1. The molecular formula is C23H31N3O3. The Labute approximate surface area is 173 Å². The van der Waals surface area contributed by atoms with Crippen molar-refractivity contribution in [2.24, 2.45) is 0 Å². The van der Waals surface area contributed by atoms with E-state index >= 15 is 0 Å². The van der Waals surface area contributed by atoms with Gasteiger partial charge < -0.3 is 24.6 Å². The molecule has 2 aromatic carbocycles. The molecule has 29 heavy (non-hydrogen) atoms. The van der Waals surface area contributed by atoms with E-state index in [1.54, 1.807) is 14.2 Å². The Morgan fingerprint density at radius 3 is 2.48 bits per heavy atom. The Morgan fingerprint density at radius 1 is 1.10 bits per heavy atom. The van der Waals surface area contributed by atoms with Gasteiger partial charge in [0.1, 0.15) is 11.5 Å². The third kappa shape index (κ3) is 5.21. The molecule has 1 saturated heterocycles. The summed E-state index contributed by atoms with van der Waals surface area (Å²) in [5.74, 6) is 1.55. The molecule has 156 valence electrons. The van der Waals surface area contributed by atoms with Gasteiger partial charge in [-0.1, -0.05) is 24.3 Å². The molecule has 0 aromatic heterocycles. The van der Waals surface area contributed by atoms with Gasteiger partial charge in [-0.05, 0) is 56.3 Å². The predicted octanol–water partition coefficient (Wildman–Crippen LogP) is 3.81. The second kappa shape index (κ2) is 9.65. The van der Waals surface area contributed by atoms with Crippen LogP contribution in [0.2, 0.25) is 0 Å². The monoisotopic (exact) mass is 397 g/mol. The minimum atomic E-state index is -0.0465. The first-order chi connectivity index (χ1) is 14.0. The van der Waals surface area contributed by atoms with Crippen LogP contribution in [-0.4, -0.2) is 50.7 Å². The molecule has 6 nitrogen and oxygen atoms in total. The van der Waals surface area contributed by atoms with Crippen molar-refractivity contribution in [3.8, 4) is 11.5 Å². The highest BCUT2D eigenvalue weighted by molar-refractivity contribution is 5.75. The number of hydrogen-bond acceptors (Lipinski definition) is 4. The van der Waals surface area contributed by atoms with Crippen LogP contribution >= 0.6 is 0 Å². The van der Waals surface area contributed by atoms with Crippen LogP contribution in [0, 0.1) is 0 Å². The molecule has 1 atom stereocenters. The maximum absolute atomic E-state index is 12.9. The second-order valence-corrected chi connectivity index (χ2v) is 7.67. The third-order valence-electron chi connectivity index (χ3n) is 5.28. The van der Waals surface area contributed by atoms with Crippen molar-refractivity contribution in [1.29, 1.82) is 0 Å². The average molecular weight is 398 g/mol. The van der Waals surface area contributed by atoms with Crippen molar-refractivity contribution in [2.75, 3.05) is 34.9 Å². The maximum atomic E-state index is 12.9. The summed E-state index contributed by atoms with van der Waals surface area (Å²) in [5.41, 5.74) is 3.35. The van der Waals surface area contributed by atoms with Crippen molar-refractivity contribution in [3.05, 3.63) is 59.2 Å². The van der Waals surface area contributed by atoms with Crippen molar-refractivity contribution < 1.29 is 14.3 Å². The summed E-state index contributed by atoms with van der Waals surface area (Å²) in [4.78, 5) is 16.9. The Bertz CT molecular complexity index is 821. The Kier molecular flexibility index (Phi) is 6.99. The third-order valence-corrected chi connectivity index (χ3v) is 5.28. The fraction of sp³-hybridized carbons (Fsp3) is 0.435. The van der Waals surface area contributed by atoms with Gasteiger partial charge in [0.25, 0.3) is 0 Å². The zero-order valence-corrected chi connectivity index (χ0v) is 17.8. The number of benzene rings is 2. The van der Waals surface area contributed by atoms with E-state index in [0.717, 1.165) is 48.6 Å². The van der Waals surface area contributed by atoms with E-state index in [-0.39, 0.29) is 12.1 Å². The van der Waals surface area contributed by atoms with E-state index in [9.17, 15) is 4.79 Å². The first-order valence-corrected chi connectivity index (χ1v) is 10.0. The summed E-state index contributed by atoms with van der Waals surface area (Å²) < 4.78 is 10.9. The number of likely N-dealkylation sites (tertiary alicyclic amines) is 1. The van der Waals surface area contributed by atoms with Crippen molar-refractivity contribution in [2.45, 2.75) is 32.0 Å². The maximum Gasteiger partial charge on any atom is 0.318 e. The lowest BCUT2D eigenvalue weighted by atomic mass is 10.0. The van der Waals surface area contributed by atoms with Crippen LogP contribution < -0.4 is 14.8 Å². The molecule has 2 aromatic rings. The molecule has 6 heteroatoms. The second-order valence-electron chi connectivity index (χ2n) is 7.67. The SMILES string of the molecule is COc1ccc(OC)c(C2CCCN2C(=O)NCc2ccc(CN(C)C)cc2)c1. The van der Waals surface area contributed by atoms with Crippen LogP contribution in [0.1, 0.15) is 35.6 Å². The molecule has 1 N–H and O–H groups in total. The first kappa shape index (κ1) is 21.0. The Balaban J connectivity index is 1.66. The molecule has 1 aliphatic rings. The molecule has 0 bridgehead atoms. The number of nitrogens with one attached hydrogen (secondary N) is 1. The van der Waals surface area contributed by atoms with Gasteiger partial charge in [0.2, 0.25) is 0 Å². The predicted molar refractivity (Wildman–Crippen MR) is 114 cm³/mol. The molecule has 0 radical (unpaired) electrons. The molecule has 1 aliphatic heterocycles. The summed E-state index contributed by atoms with van der Waals surface area (Å²) in [6.45, 7) is 2.16. The number of hydrogen-bond donors (Lipinski definition) is 1. The van der Waals surface area contributed by atoms with Crippen LogP contribution in [0.4, 0.5) is 4.79 Å². The average Bonchev–Trinajstić information content (AvgIpc) is 3.22. The highest BCUT2D eigenvalue weighted by atomic mass is 16.5. The van der Waals surface area contributed by atoms with Gasteiger partial charge >= 0.3 is 6.03 Å². The molecule has 0 aliphatic carbocycles. The summed E-state index contributed by atoms with van der Waals surface area (Å²) >= 11 is 0. The van der Waals surface area contributed by atoms with Crippen LogP contribution in [0.5, 0.6) is 11.5 Å². The van der Waals surface area contributed by atoms with Gasteiger partial charge in [-0.15, -0.1) is 0 Å². The molecule has 2 amide bonds. The van der Waals surface area contributed by atoms with Gasteiger partial charge in [0, 0.05) is 25.2 Å². The smallest absolute Gasteiger partial charge is 0.318 e. The number of rotatable bonds is 7. The Hall–Kier alpha value is -2.73. The van der Waals surface area contributed by atoms with E-state index in [1.165, 1.54) is 5.56 Å². The quantitative estimate of drug-likeness (QED) is 0.772. The van der Waals surface area contributed by atoms with Crippen molar-refractivity contribution in [3.63, 3.8) is 0 Å². The zero-order chi connectivity index (χ0) is 20.8. The van der Waals surface area contributed by atoms with Crippen molar-refractivity contribution >= 4 is 6.03 Å². The molecule has 1 unspecified atom stereocenters. The Morgan fingerprint density at radius 2 is 1.83 bits per heavy atom. The van der Waals surface area contributed by atoms with E-state index in [4.69, 9.17) is 9.47 Å². The number of nitrogens with zero attached hydrogens (tertiary/aromatic N) is 2. The van der Waals surface area contributed by atoms with Gasteiger partial charge in [0.05, 0.1) is 20.3 Å². The molecule has 0 spiro atoms. The lowest BCUT2D eigenvalue weighted by Crippen LogP contribution is -2.39. The van der Waals surface area contributed by atoms with Gasteiger partial charge in [-0.25, -0.2) is 4.79 Å². The van der Waals surface area contributed by atoms with E-state index in [0.29, 0.717) is 6.54 Å². The lowest BCUT2D eigenvalue weighted by molar-refractivity contribution is 0.191. The van der Waals surface area contributed by atoms with E-state index in [1.807, 2.05) is 23.1 Å². The fourth-order valence-electron chi connectivity index (χ4n) is 3.84. The molecule has 1 fully saturated rings.